The lowest BCUT2D eigenvalue weighted by Gasteiger charge is -2.16. The van der Waals surface area contributed by atoms with Crippen molar-refractivity contribution in [3.05, 3.63) is 101 Å². The molecule has 6 heteroatoms. The fourth-order valence-corrected chi connectivity index (χ4v) is 3.14. The van der Waals surface area contributed by atoms with Crippen molar-refractivity contribution in [3.8, 4) is 5.75 Å². The molecule has 0 fully saturated rings. The zero-order valence-electron chi connectivity index (χ0n) is 16.6. The summed E-state index contributed by atoms with van der Waals surface area (Å²) < 4.78 is 5.63. The monoisotopic (exact) mass is 422 g/mol. The van der Waals surface area contributed by atoms with Crippen molar-refractivity contribution in [2.24, 2.45) is 0 Å². The highest BCUT2D eigenvalue weighted by molar-refractivity contribution is 6.30. The van der Waals surface area contributed by atoms with Crippen LogP contribution in [0, 0.1) is 0 Å². The Morgan fingerprint density at radius 3 is 2.47 bits per heavy atom. The van der Waals surface area contributed by atoms with Crippen molar-refractivity contribution >= 4 is 23.4 Å². The normalized spacial score (nSPS) is 11.4. The molecule has 0 aliphatic rings. The second kappa shape index (κ2) is 10.5. The predicted molar refractivity (Wildman–Crippen MR) is 118 cm³/mol. The molecule has 0 radical (unpaired) electrons. The van der Waals surface area contributed by atoms with Gasteiger partial charge in [0.1, 0.15) is 5.75 Å². The van der Waals surface area contributed by atoms with Gasteiger partial charge in [-0.3, -0.25) is 9.59 Å². The smallest absolute Gasteiger partial charge is 0.258 e. The number of benzene rings is 3. The third-order valence-electron chi connectivity index (χ3n) is 4.51. The van der Waals surface area contributed by atoms with Crippen molar-refractivity contribution < 1.29 is 14.3 Å². The van der Waals surface area contributed by atoms with Gasteiger partial charge >= 0.3 is 0 Å². The van der Waals surface area contributed by atoms with Crippen LogP contribution in [0.4, 0.5) is 0 Å². The lowest BCUT2D eigenvalue weighted by Crippen LogP contribution is -2.31. The van der Waals surface area contributed by atoms with E-state index in [4.69, 9.17) is 16.3 Å². The minimum Gasteiger partial charge on any atom is -0.483 e. The zero-order valence-corrected chi connectivity index (χ0v) is 17.4. The van der Waals surface area contributed by atoms with Gasteiger partial charge in [-0.1, -0.05) is 66.2 Å². The predicted octanol–water partition coefficient (Wildman–Crippen LogP) is 4.53. The molecular formula is C24H23ClN2O3. The average molecular weight is 423 g/mol. The molecule has 0 spiro atoms. The fourth-order valence-electron chi connectivity index (χ4n) is 2.94. The summed E-state index contributed by atoms with van der Waals surface area (Å²) in [6.45, 7) is 2.08. The Morgan fingerprint density at radius 1 is 0.967 bits per heavy atom. The van der Waals surface area contributed by atoms with Crippen LogP contribution in [0.5, 0.6) is 5.75 Å². The number of amides is 2. The molecule has 1 atom stereocenters. The molecule has 3 aromatic carbocycles. The van der Waals surface area contributed by atoms with E-state index in [0.717, 1.165) is 11.1 Å². The van der Waals surface area contributed by atoms with E-state index < -0.39 is 0 Å². The maximum absolute atomic E-state index is 12.6. The van der Waals surface area contributed by atoms with Crippen LogP contribution in [-0.2, 0) is 11.3 Å². The molecule has 0 heterocycles. The van der Waals surface area contributed by atoms with Gasteiger partial charge in [0.25, 0.3) is 11.8 Å². The Balaban J connectivity index is 1.56. The molecule has 2 amide bonds. The number of rotatable bonds is 8. The summed E-state index contributed by atoms with van der Waals surface area (Å²) in [5.41, 5.74) is 2.28. The molecule has 0 aliphatic carbocycles. The van der Waals surface area contributed by atoms with Gasteiger partial charge in [0.15, 0.2) is 6.61 Å². The maximum atomic E-state index is 12.6. The highest BCUT2D eigenvalue weighted by atomic mass is 35.5. The summed E-state index contributed by atoms with van der Waals surface area (Å²) >= 11 is 6.00. The van der Waals surface area contributed by atoms with Gasteiger partial charge in [-0.2, -0.15) is 0 Å². The number of carbonyl (C=O) groups excluding carboxylic acids is 2. The van der Waals surface area contributed by atoms with Crippen molar-refractivity contribution in [2.45, 2.75) is 19.5 Å². The summed E-state index contributed by atoms with van der Waals surface area (Å²) in [5.74, 6) is -0.197. The van der Waals surface area contributed by atoms with Gasteiger partial charge in [-0.25, -0.2) is 0 Å². The number of para-hydroxylation sites is 1. The number of halogens is 1. The van der Waals surface area contributed by atoms with E-state index in [1.54, 1.807) is 36.4 Å². The second-order valence-corrected chi connectivity index (χ2v) is 7.23. The first kappa shape index (κ1) is 21.4. The van der Waals surface area contributed by atoms with Crippen LogP contribution < -0.4 is 15.4 Å². The fraction of sp³-hybridized carbons (Fsp3) is 0.167. The third kappa shape index (κ3) is 6.09. The first-order valence-electron chi connectivity index (χ1n) is 9.61. The third-order valence-corrected chi connectivity index (χ3v) is 4.75. The van der Waals surface area contributed by atoms with E-state index in [0.29, 0.717) is 22.9 Å². The molecule has 0 unspecified atom stereocenters. The zero-order chi connectivity index (χ0) is 21.3. The van der Waals surface area contributed by atoms with Gasteiger partial charge in [-0.15, -0.1) is 0 Å². The van der Waals surface area contributed by atoms with Crippen LogP contribution in [0.15, 0.2) is 78.9 Å². The minimum absolute atomic E-state index is 0.201. The van der Waals surface area contributed by atoms with Crippen LogP contribution in [0.1, 0.15) is 34.5 Å². The first-order valence-corrected chi connectivity index (χ1v) is 9.99. The molecule has 5 nitrogen and oxygen atoms in total. The van der Waals surface area contributed by atoms with Gasteiger partial charge in [0, 0.05) is 11.6 Å². The Hall–Kier alpha value is -3.31. The maximum Gasteiger partial charge on any atom is 0.258 e. The topological polar surface area (TPSA) is 67.4 Å². The summed E-state index contributed by atoms with van der Waals surface area (Å²) in [4.78, 5) is 24.9. The summed E-state index contributed by atoms with van der Waals surface area (Å²) in [6.07, 6.45) is 0. The Bertz CT molecular complexity index is 1010. The van der Waals surface area contributed by atoms with Gasteiger partial charge in [0.05, 0.1) is 11.6 Å². The van der Waals surface area contributed by atoms with Crippen LogP contribution in [-0.4, -0.2) is 18.4 Å². The van der Waals surface area contributed by atoms with Gasteiger partial charge in [0.2, 0.25) is 0 Å². The van der Waals surface area contributed by atoms with Gasteiger partial charge < -0.3 is 15.4 Å². The van der Waals surface area contributed by atoms with Crippen LogP contribution in [0.25, 0.3) is 0 Å². The quantitative estimate of drug-likeness (QED) is 0.560. The van der Waals surface area contributed by atoms with E-state index in [1.165, 1.54) is 0 Å². The molecule has 0 bridgehead atoms. The molecular weight excluding hydrogens is 400 g/mol. The van der Waals surface area contributed by atoms with Crippen LogP contribution in [0.3, 0.4) is 0 Å². The molecule has 30 heavy (non-hydrogen) atoms. The SMILES string of the molecule is C[C@H](NC(=O)COc1ccccc1C(=O)NCc1ccccc1)c1cccc(Cl)c1. The molecule has 0 aliphatic heterocycles. The molecule has 3 aromatic rings. The number of ether oxygens (including phenoxy) is 1. The molecule has 0 saturated heterocycles. The van der Waals surface area contributed by atoms with E-state index in [9.17, 15) is 9.59 Å². The Kier molecular flexibility index (Phi) is 7.46. The summed E-state index contributed by atoms with van der Waals surface area (Å²) in [6, 6.07) is 23.6. The standard InChI is InChI=1S/C24H23ClN2O3/c1-17(19-10-7-11-20(25)14-19)27-23(28)16-30-22-13-6-5-12-21(22)24(29)26-15-18-8-3-2-4-9-18/h2-14,17H,15-16H2,1H3,(H,26,29)(H,27,28)/t17-/m0/s1. The summed E-state index contributed by atoms with van der Waals surface area (Å²) in [7, 11) is 0. The van der Waals surface area contributed by atoms with Crippen molar-refractivity contribution in [3.63, 3.8) is 0 Å². The van der Waals surface area contributed by atoms with E-state index in [1.807, 2.05) is 49.4 Å². The number of hydrogen-bond acceptors (Lipinski definition) is 3. The summed E-state index contributed by atoms with van der Waals surface area (Å²) in [5, 5.41) is 6.35. The highest BCUT2D eigenvalue weighted by Gasteiger charge is 2.15. The lowest BCUT2D eigenvalue weighted by molar-refractivity contribution is -0.123. The van der Waals surface area contributed by atoms with Crippen molar-refractivity contribution in [1.29, 1.82) is 0 Å². The molecule has 0 saturated carbocycles. The van der Waals surface area contributed by atoms with Gasteiger partial charge in [-0.05, 0) is 42.3 Å². The van der Waals surface area contributed by atoms with Crippen molar-refractivity contribution in [2.75, 3.05) is 6.61 Å². The van der Waals surface area contributed by atoms with Crippen molar-refractivity contribution in [1.82, 2.24) is 10.6 Å². The minimum atomic E-state index is -0.290. The van der Waals surface area contributed by atoms with E-state index in [-0.39, 0.29) is 24.5 Å². The number of hydrogen-bond donors (Lipinski definition) is 2. The Morgan fingerprint density at radius 2 is 1.70 bits per heavy atom. The second-order valence-electron chi connectivity index (χ2n) is 6.80. The molecule has 154 valence electrons. The first-order chi connectivity index (χ1) is 14.5. The number of nitrogens with one attached hydrogen (secondary N) is 2. The molecule has 3 rings (SSSR count). The van der Waals surface area contributed by atoms with Crippen LogP contribution in [0.2, 0.25) is 5.02 Å². The van der Waals surface area contributed by atoms with E-state index >= 15 is 0 Å². The Labute approximate surface area is 181 Å². The van der Waals surface area contributed by atoms with E-state index in [2.05, 4.69) is 10.6 Å². The highest BCUT2D eigenvalue weighted by Crippen LogP contribution is 2.19. The average Bonchev–Trinajstić information content (AvgIpc) is 2.77. The molecule has 0 aromatic heterocycles. The van der Waals surface area contributed by atoms with Crippen LogP contribution >= 0.6 is 11.6 Å². The lowest BCUT2D eigenvalue weighted by atomic mass is 10.1. The molecule has 2 N–H and O–H groups in total. The number of carbonyl (C=O) groups is 2. The largest absolute Gasteiger partial charge is 0.483 e.